The molecule has 0 atom stereocenters. The lowest BCUT2D eigenvalue weighted by Gasteiger charge is -2.13. The highest BCUT2D eigenvalue weighted by molar-refractivity contribution is 9.10. The van der Waals surface area contributed by atoms with Crippen molar-refractivity contribution >= 4 is 27.5 Å². The standard InChI is InChI=1S/C13H19BrN2O2/c1-8(2)6-16-12(17)7-18-13-9(3)4-10(14)5-11(13)15/h4-5,8H,6-7,15H2,1-3H3,(H,16,17). The SMILES string of the molecule is Cc1cc(Br)cc(N)c1OCC(=O)NCC(C)C. The quantitative estimate of drug-likeness (QED) is 0.821. The van der Waals surface area contributed by atoms with Gasteiger partial charge >= 0.3 is 0 Å². The number of halogens is 1. The summed E-state index contributed by atoms with van der Waals surface area (Å²) in [6.45, 7) is 6.61. The summed E-state index contributed by atoms with van der Waals surface area (Å²) in [7, 11) is 0. The maximum Gasteiger partial charge on any atom is 0.257 e. The number of amides is 1. The molecule has 0 aliphatic heterocycles. The topological polar surface area (TPSA) is 64.3 Å². The van der Waals surface area contributed by atoms with Crippen molar-refractivity contribution in [1.82, 2.24) is 5.32 Å². The normalized spacial score (nSPS) is 10.5. The highest BCUT2D eigenvalue weighted by atomic mass is 79.9. The predicted molar refractivity (Wildman–Crippen MR) is 76.6 cm³/mol. The zero-order valence-corrected chi connectivity index (χ0v) is 12.5. The first-order valence-corrected chi connectivity index (χ1v) is 6.64. The molecule has 0 aliphatic rings. The van der Waals surface area contributed by atoms with Gasteiger partial charge in [-0.15, -0.1) is 0 Å². The molecule has 0 spiro atoms. The minimum Gasteiger partial charge on any atom is -0.481 e. The molecule has 0 aliphatic carbocycles. The van der Waals surface area contributed by atoms with Gasteiger partial charge in [-0.1, -0.05) is 29.8 Å². The number of nitrogen functional groups attached to an aromatic ring is 1. The average molecular weight is 315 g/mol. The van der Waals surface area contributed by atoms with Gasteiger partial charge in [0.1, 0.15) is 5.75 Å². The molecule has 1 rings (SSSR count). The Labute approximate surface area is 116 Å². The van der Waals surface area contributed by atoms with E-state index < -0.39 is 0 Å². The predicted octanol–water partition coefficient (Wildman–Crippen LogP) is 2.49. The van der Waals surface area contributed by atoms with Crippen LogP contribution >= 0.6 is 15.9 Å². The van der Waals surface area contributed by atoms with Crippen molar-refractivity contribution in [2.75, 3.05) is 18.9 Å². The van der Waals surface area contributed by atoms with Crippen LogP contribution < -0.4 is 15.8 Å². The molecule has 0 saturated carbocycles. The van der Waals surface area contributed by atoms with Crippen molar-refractivity contribution < 1.29 is 9.53 Å². The maximum atomic E-state index is 11.5. The fraction of sp³-hybridized carbons (Fsp3) is 0.462. The number of nitrogens with two attached hydrogens (primary N) is 1. The number of hydrogen-bond acceptors (Lipinski definition) is 3. The molecule has 0 heterocycles. The Bertz CT molecular complexity index is 410. The molecule has 0 unspecified atom stereocenters. The van der Waals surface area contributed by atoms with Crippen molar-refractivity contribution in [2.24, 2.45) is 5.92 Å². The van der Waals surface area contributed by atoms with Gasteiger partial charge < -0.3 is 15.8 Å². The van der Waals surface area contributed by atoms with E-state index in [1.165, 1.54) is 0 Å². The summed E-state index contributed by atoms with van der Waals surface area (Å²) in [5, 5.41) is 2.79. The van der Waals surface area contributed by atoms with E-state index in [1.807, 2.05) is 26.8 Å². The van der Waals surface area contributed by atoms with Crippen LogP contribution in [0.25, 0.3) is 0 Å². The van der Waals surface area contributed by atoms with Crippen molar-refractivity contribution in [2.45, 2.75) is 20.8 Å². The van der Waals surface area contributed by atoms with Crippen molar-refractivity contribution in [3.63, 3.8) is 0 Å². The van der Waals surface area contributed by atoms with Crippen LogP contribution in [0.4, 0.5) is 5.69 Å². The number of hydrogen-bond donors (Lipinski definition) is 2. The second-order valence-electron chi connectivity index (χ2n) is 4.63. The van der Waals surface area contributed by atoms with E-state index in [9.17, 15) is 4.79 Å². The Hall–Kier alpha value is -1.23. The molecule has 0 aromatic heterocycles. The minimum atomic E-state index is -0.134. The van der Waals surface area contributed by atoms with Crippen LogP contribution in [-0.2, 0) is 4.79 Å². The van der Waals surface area contributed by atoms with Gasteiger partial charge in [-0.3, -0.25) is 4.79 Å². The van der Waals surface area contributed by atoms with Crippen LogP contribution in [0, 0.1) is 12.8 Å². The molecule has 1 aromatic carbocycles. The number of nitrogens with one attached hydrogen (secondary N) is 1. The largest absolute Gasteiger partial charge is 0.481 e. The number of aryl methyl sites for hydroxylation is 1. The van der Waals surface area contributed by atoms with Crippen LogP contribution in [0.1, 0.15) is 19.4 Å². The first-order valence-electron chi connectivity index (χ1n) is 5.85. The Morgan fingerprint density at radius 2 is 2.17 bits per heavy atom. The molecule has 3 N–H and O–H groups in total. The van der Waals surface area contributed by atoms with Gasteiger partial charge in [-0.2, -0.15) is 0 Å². The number of rotatable bonds is 5. The second kappa shape index (κ2) is 6.64. The van der Waals surface area contributed by atoms with Crippen LogP contribution in [0.2, 0.25) is 0 Å². The number of carbonyl (C=O) groups is 1. The molecule has 0 radical (unpaired) electrons. The smallest absolute Gasteiger partial charge is 0.257 e. The second-order valence-corrected chi connectivity index (χ2v) is 5.54. The van der Waals surface area contributed by atoms with Gasteiger partial charge in [0.2, 0.25) is 0 Å². The lowest BCUT2D eigenvalue weighted by molar-refractivity contribution is -0.123. The van der Waals surface area contributed by atoms with Gasteiger partial charge in [-0.05, 0) is 30.5 Å². The molecule has 1 amide bonds. The summed E-state index contributed by atoms with van der Waals surface area (Å²) in [6.07, 6.45) is 0. The summed E-state index contributed by atoms with van der Waals surface area (Å²) in [4.78, 5) is 11.5. The van der Waals surface area contributed by atoms with E-state index in [1.54, 1.807) is 6.07 Å². The molecule has 0 fully saturated rings. The lowest BCUT2D eigenvalue weighted by Crippen LogP contribution is -2.31. The zero-order chi connectivity index (χ0) is 13.7. The van der Waals surface area contributed by atoms with Crippen LogP contribution in [0.5, 0.6) is 5.75 Å². The summed E-state index contributed by atoms with van der Waals surface area (Å²) < 4.78 is 6.36. The number of anilines is 1. The molecule has 4 nitrogen and oxygen atoms in total. The molecular formula is C13H19BrN2O2. The van der Waals surface area contributed by atoms with Gasteiger partial charge in [0.15, 0.2) is 6.61 Å². The van der Waals surface area contributed by atoms with Crippen molar-refractivity contribution in [3.8, 4) is 5.75 Å². The third-order valence-corrected chi connectivity index (χ3v) is 2.78. The molecule has 0 saturated heterocycles. The Balaban J connectivity index is 2.56. The van der Waals surface area contributed by atoms with E-state index in [0.717, 1.165) is 10.0 Å². The molecular weight excluding hydrogens is 296 g/mol. The first kappa shape index (κ1) is 14.8. The molecule has 1 aromatic rings. The third-order valence-electron chi connectivity index (χ3n) is 2.32. The summed E-state index contributed by atoms with van der Waals surface area (Å²) in [6, 6.07) is 3.66. The van der Waals surface area contributed by atoms with Crippen molar-refractivity contribution in [3.05, 3.63) is 22.2 Å². The molecule has 0 bridgehead atoms. The Morgan fingerprint density at radius 1 is 1.50 bits per heavy atom. The molecule has 5 heteroatoms. The van der Waals surface area contributed by atoms with Gasteiger partial charge in [0.05, 0.1) is 5.69 Å². The fourth-order valence-corrected chi connectivity index (χ4v) is 2.05. The van der Waals surface area contributed by atoms with Crippen LogP contribution in [0.3, 0.4) is 0 Å². The molecule has 100 valence electrons. The van der Waals surface area contributed by atoms with Crippen molar-refractivity contribution in [1.29, 1.82) is 0 Å². The van der Waals surface area contributed by atoms with E-state index in [2.05, 4.69) is 21.2 Å². The average Bonchev–Trinajstić information content (AvgIpc) is 2.24. The van der Waals surface area contributed by atoms with E-state index in [4.69, 9.17) is 10.5 Å². The number of benzene rings is 1. The Morgan fingerprint density at radius 3 is 2.72 bits per heavy atom. The van der Waals surface area contributed by atoms with E-state index in [-0.39, 0.29) is 12.5 Å². The summed E-state index contributed by atoms with van der Waals surface area (Å²) >= 11 is 3.35. The summed E-state index contributed by atoms with van der Waals surface area (Å²) in [5.41, 5.74) is 7.27. The van der Waals surface area contributed by atoms with Gasteiger partial charge in [0, 0.05) is 11.0 Å². The van der Waals surface area contributed by atoms with Gasteiger partial charge in [-0.25, -0.2) is 0 Å². The van der Waals surface area contributed by atoms with Crippen LogP contribution in [-0.4, -0.2) is 19.1 Å². The van der Waals surface area contributed by atoms with Gasteiger partial charge in [0.25, 0.3) is 5.91 Å². The maximum absolute atomic E-state index is 11.5. The number of carbonyl (C=O) groups excluding carboxylic acids is 1. The first-order chi connectivity index (χ1) is 8.40. The zero-order valence-electron chi connectivity index (χ0n) is 10.9. The monoisotopic (exact) mass is 314 g/mol. The van der Waals surface area contributed by atoms with E-state index in [0.29, 0.717) is 23.9 Å². The third kappa shape index (κ3) is 4.56. The highest BCUT2D eigenvalue weighted by Gasteiger charge is 2.09. The highest BCUT2D eigenvalue weighted by Crippen LogP contribution is 2.29. The minimum absolute atomic E-state index is 0.0145. The van der Waals surface area contributed by atoms with E-state index >= 15 is 0 Å². The Kier molecular flexibility index (Phi) is 5.47. The summed E-state index contributed by atoms with van der Waals surface area (Å²) in [5.74, 6) is 0.858. The lowest BCUT2D eigenvalue weighted by atomic mass is 10.2. The molecule has 18 heavy (non-hydrogen) atoms. The fourth-order valence-electron chi connectivity index (χ4n) is 1.46. The number of ether oxygens (including phenoxy) is 1. The van der Waals surface area contributed by atoms with Crippen LogP contribution in [0.15, 0.2) is 16.6 Å².